The highest BCUT2D eigenvalue weighted by atomic mass is 15.3. The molecule has 3 heterocycles. The van der Waals surface area contributed by atoms with Crippen LogP contribution in [0.2, 0.25) is 0 Å². The topological polar surface area (TPSA) is 45.2 Å². The Bertz CT molecular complexity index is 408. The van der Waals surface area contributed by atoms with Crippen molar-refractivity contribution < 1.29 is 0 Å². The van der Waals surface area contributed by atoms with Crippen LogP contribution in [0.15, 0.2) is 6.20 Å². The van der Waals surface area contributed by atoms with Gasteiger partial charge in [-0.05, 0) is 38.0 Å². The zero-order valence-corrected chi connectivity index (χ0v) is 11.8. The zero-order chi connectivity index (χ0) is 13.1. The van der Waals surface area contributed by atoms with Gasteiger partial charge in [-0.1, -0.05) is 6.92 Å². The van der Waals surface area contributed by atoms with Gasteiger partial charge < -0.3 is 9.80 Å². The molecular weight excluding hydrogens is 238 g/mol. The summed E-state index contributed by atoms with van der Waals surface area (Å²) in [6.45, 7) is 6.66. The second kappa shape index (κ2) is 5.72. The molecule has 3 rings (SSSR count). The van der Waals surface area contributed by atoms with Crippen LogP contribution in [0, 0.1) is 5.92 Å². The SMILES string of the molecule is CC1CCN(c2nncc(N3CCCCC3)n2)CC1. The second-order valence-electron chi connectivity index (χ2n) is 5.83. The van der Waals surface area contributed by atoms with E-state index < -0.39 is 0 Å². The Morgan fingerprint density at radius 1 is 1.00 bits per heavy atom. The lowest BCUT2D eigenvalue weighted by Crippen LogP contribution is -2.35. The van der Waals surface area contributed by atoms with Crippen molar-refractivity contribution in [1.82, 2.24) is 15.2 Å². The van der Waals surface area contributed by atoms with Gasteiger partial charge in [0.2, 0.25) is 5.95 Å². The molecule has 0 aliphatic carbocycles. The normalized spacial score (nSPS) is 21.7. The van der Waals surface area contributed by atoms with Crippen molar-refractivity contribution >= 4 is 11.8 Å². The molecule has 1 aromatic heterocycles. The fraction of sp³-hybridized carbons (Fsp3) is 0.786. The molecule has 0 N–H and O–H groups in total. The van der Waals surface area contributed by atoms with Gasteiger partial charge >= 0.3 is 0 Å². The van der Waals surface area contributed by atoms with Crippen LogP contribution in [0.3, 0.4) is 0 Å². The third kappa shape index (κ3) is 2.96. The van der Waals surface area contributed by atoms with Gasteiger partial charge in [0.05, 0.1) is 6.20 Å². The maximum Gasteiger partial charge on any atom is 0.247 e. The summed E-state index contributed by atoms with van der Waals surface area (Å²) >= 11 is 0. The highest BCUT2D eigenvalue weighted by molar-refractivity contribution is 5.42. The summed E-state index contributed by atoms with van der Waals surface area (Å²) in [5.74, 6) is 2.65. The molecule has 2 fully saturated rings. The van der Waals surface area contributed by atoms with E-state index in [0.29, 0.717) is 0 Å². The zero-order valence-electron chi connectivity index (χ0n) is 11.8. The summed E-state index contributed by atoms with van der Waals surface area (Å²) in [5.41, 5.74) is 0. The molecule has 0 amide bonds. The van der Waals surface area contributed by atoms with Crippen LogP contribution in [0.1, 0.15) is 39.0 Å². The Kier molecular flexibility index (Phi) is 3.80. The van der Waals surface area contributed by atoms with Crippen LogP contribution in [0.4, 0.5) is 11.8 Å². The van der Waals surface area contributed by atoms with Gasteiger partial charge in [-0.25, -0.2) is 0 Å². The molecule has 0 unspecified atom stereocenters. The molecule has 19 heavy (non-hydrogen) atoms. The van der Waals surface area contributed by atoms with Crippen molar-refractivity contribution in [2.75, 3.05) is 36.0 Å². The van der Waals surface area contributed by atoms with Gasteiger partial charge in [0.25, 0.3) is 0 Å². The molecule has 5 heteroatoms. The number of hydrogen-bond donors (Lipinski definition) is 0. The number of anilines is 2. The minimum atomic E-state index is 0.815. The quantitative estimate of drug-likeness (QED) is 0.816. The summed E-state index contributed by atoms with van der Waals surface area (Å²) in [6.07, 6.45) is 8.14. The molecule has 2 aliphatic heterocycles. The Balaban J connectivity index is 1.72. The van der Waals surface area contributed by atoms with E-state index in [2.05, 4.69) is 26.9 Å². The number of piperidine rings is 2. The molecular formula is C14H23N5. The summed E-state index contributed by atoms with van der Waals surface area (Å²) in [7, 11) is 0. The smallest absolute Gasteiger partial charge is 0.247 e. The first kappa shape index (κ1) is 12.6. The van der Waals surface area contributed by atoms with E-state index in [1.807, 2.05) is 0 Å². The van der Waals surface area contributed by atoms with Crippen LogP contribution in [0.5, 0.6) is 0 Å². The van der Waals surface area contributed by atoms with E-state index in [-0.39, 0.29) is 0 Å². The van der Waals surface area contributed by atoms with Crippen molar-refractivity contribution in [3.63, 3.8) is 0 Å². The minimum Gasteiger partial charge on any atom is -0.355 e. The van der Waals surface area contributed by atoms with Crippen molar-refractivity contribution in [3.05, 3.63) is 6.20 Å². The lowest BCUT2D eigenvalue weighted by Gasteiger charge is -2.31. The molecule has 0 radical (unpaired) electrons. The van der Waals surface area contributed by atoms with Gasteiger partial charge in [-0.3, -0.25) is 0 Å². The second-order valence-corrected chi connectivity index (χ2v) is 5.83. The van der Waals surface area contributed by atoms with Crippen molar-refractivity contribution in [2.24, 2.45) is 5.92 Å². The van der Waals surface area contributed by atoms with Crippen molar-refractivity contribution in [3.8, 4) is 0 Å². The minimum absolute atomic E-state index is 0.815. The van der Waals surface area contributed by atoms with Gasteiger partial charge in [0.1, 0.15) is 0 Å². The molecule has 104 valence electrons. The Hall–Kier alpha value is -1.39. The van der Waals surface area contributed by atoms with Crippen LogP contribution in [-0.2, 0) is 0 Å². The lowest BCUT2D eigenvalue weighted by molar-refractivity contribution is 0.433. The Morgan fingerprint density at radius 3 is 2.47 bits per heavy atom. The largest absolute Gasteiger partial charge is 0.355 e. The summed E-state index contributed by atoms with van der Waals surface area (Å²) in [6, 6.07) is 0. The third-order valence-electron chi connectivity index (χ3n) is 4.28. The van der Waals surface area contributed by atoms with E-state index in [0.717, 1.165) is 43.9 Å². The number of rotatable bonds is 2. The molecule has 0 bridgehead atoms. The predicted molar refractivity (Wildman–Crippen MR) is 76.5 cm³/mol. The van der Waals surface area contributed by atoms with Crippen LogP contribution in [-0.4, -0.2) is 41.4 Å². The number of aromatic nitrogens is 3. The summed E-state index contributed by atoms with van der Waals surface area (Å²) in [4.78, 5) is 9.34. The molecule has 0 saturated carbocycles. The van der Waals surface area contributed by atoms with Crippen LogP contribution in [0.25, 0.3) is 0 Å². The van der Waals surface area contributed by atoms with Gasteiger partial charge in [0.15, 0.2) is 5.82 Å². The fourth-order valence-corrected chi connectivity index (χ4v) is 2.90. The van der Waals surface area contributed by atoms with Gasteiger partial charge in [0, 0.05) is 26.2 Å². The molecule has 1 aromatic rings. The van der Waals surface area contributed by atoms with E-state index in [1.54, 1.807) is 6.20 Å². The standard InChI is InChI=1S/C14H23N5/c1-12-5-9-19(10-6-12)14-16-13(11-15-17-14)18-7-3-2-4-8-18/h11-12H,2-10H2,1H3. The average Bonchev–Trinajstić information content (AvgIpc) is 2.49. The first-order chi connectivity index (χ1) is 9.33. The summed E-state index contributed by atoms with van der Waals surface area (Å²) in [5, 5.41) is 8.38. The monoisotopic (exact) mass is 261 g/mol. The van der Waals surface area contributed by atoms with Crippen LogP contribution < -0.4 is 9.80 Å². The molecule has 2 saturated heterocycles. The maximum absolute atomic E-state index is 4.72. The van der Waals surface area contributed by atoms with Gasteiger partial charge in [-0.15, -0.1) is 5.10 Å². The Morgan fingerprint density at radius 2 is 1.74 bits per heavy atom. The highest BCUT2D eigenvalue weighted by Crippen LogP contribution is 2.22. The van der Waals surface area contributed by atoms with E-state index >= 15 is 0 Å². The molecule has 0 spiro atoms. The lowest BCUT2D eigenvalue weighted by atomic mass is 10.00. The molecule has 0 atom stereocenters. The molecule has 2 aliphatic rings. The average molecular weight is 261 g/mol. The predicted octanol–water partition coefficient (Wildman–Crippen LogP) is 2.10. The highest BCUT2D eigenvalue weighted by Gasteiger charge is 2.20. The summed E-state index contributed by atoms with van der Waals surface area (Å²) < 4.78 is 0. The maximum atomic E-state index is 4.72. The van der Waals surface area contributed by atoms with E-state index in [9.17, 15) is 0 Å². The molecule has 5 nitrogen and oxygen atoms in total. The van der Waals surface area contributed by atoms with E-state index in [1.165, 1.54) is 32.1 Å². The molecule has 0 aromatic carbocycles. The number of nitrogens with zero attached hydrogens (tertiary/aromatic N) is 5. The first-order valence-corrected chi connectivity index (χ1v) is 7.52. The van der Waals surface area contributed by atoms with Crippen molar-refractivity contribution in [1.29, 1.82) is 0 Å². The third-order valence-corrected chi connectivity index (χ3v) is 4.28. The first-order valence-electron chi connectivity index (χ1n) is 7.52. The Labute approximate surface area is 115 Å². The van der Waals surface area contributed by atoms with Crippen LogP contribution >= 0.6 is 0 Å². The number of hydrogen-bond acceptors (Lipinski definition) is 5. The van der Waals surface area contributed by atoms with Gasteiger partial charge in [-0.2, -0.15) is 10.1 Å². The van der Waals surface area contributed by atoms with E-state index in [4.69, 9.17) is 4.98 Å². The fourth-order valence-electron chi connectivity index (χ4n) is 2.90. The van der Waals surface area contributed by atoms with Crippen molar-refractivity contribution in [2.45, 2.75) is 39.0 Å².